The fourth-order valence-electron chi connectivity index (χ4n) is 6.70. The molecule has 1 aromatic carbocycles. The molecule has 3 saturated heterocycles. The van der Waals surface area contributed by atoms with Crippen LogP contribution in [0.5, 0.6) is 0 Å². The predicted molar refractivity (Wildman–Crippen MR) is 142 cm³/mol. The van der Waals surface area contributed by atoms with Gasteiger partial charge in [-0.05, 0) is 24.3 Å². The largest absolute Gasteiger partial charge is 0.455 e. The number of esters is 1. The van der Waals surface area contributed by atoms with Gasteiger partial charge in [0.2, 0.25) is 0 Å². The number of thiazole rings is 1. The van der Waals surface area contributed by atoms with Gasteiger partial charge in [0.15, 0.2) is 6.10 Å². The first kappa shape index (κ1) is 23.4. The highest BCUT2D eigenvalue weighted by Gasteiger charge is 2.50. The first-order valence-corrected chi connectivity index (χ1v) is 15.0. The van der Waals surface area contributed by atoms with Gasteiger partial charge in [-0.3, -0.25) is 4.79 Å². The Balaban J connectivity index is 1.19. The molecule has 0 amide bonds. The van der Waals surface area contributed by atoms with E-state index in [2.05, 4.69) is 47.2 Å². The fourth-order valence-corrected chi connectivity index (χ4v) is 8.49. The summed E-state index contributed by atoms with van der Waals surface area (Å²) < 4.78 is 7.53. The number of piperidine rings is 3. The first-order chi connectivity index (χ1) is 17.2. The van der Waals surface area contributed by atoms with Crippen molar-refractivity contribution in [2.75, 3.05) is 19.6 Å². The Morgan fingerprint density at radius 1 is 1.00 bits per heavy atom. The van der Waals surface area contributed by atoms with Crippen LogP contribution >= 0.6 is 22.7 Å². The maximum absolute atomic E-state index is 13.9. The van der Waals surface area contributed by atoms with Crippen LogP contribution in [0.15, 0.2) is 53.2 Å². The molecular formula is C29H35N2O2S2+. The molecule has 4 fully saturated rings. The maximum Gasteiger partial charge on any atom is 0.317 e. The lowest BCUT2D eigenvalue weighted by Crippen LogP contribution is -2.64. The van der Waals surface area contributed by atoms with E-state index in [0.717, 1.165) is 61.1 Å². The molecule has 0 N–H and O–H groups in total. The number of nitrogens with zero attached hydrogens (tertiary/aromatic N) is 2. The Morgan fingerprint density at radius 3 is 2.49 bits per heavy atom. The van der Waals surface area contributed by atoms with E-state index in [1.807, 2.05) is 6.07 Å². The maximum atomic E-state index is 13.9. The molecule has 4 aliphatic rings. The SMILES string of the molecule is O=C(O[C@H]1C[N+]2(Cc3csc(-c4ccccc4)n3)CCC1CC2)C1(c2cccs2)CCCCCC1. The monoisotopic (exact) mass is 507 g/mol. The van der Waals surface area contributed by atoms with Crippen LogP contribution in [-0.4, -0.2) is 41.2 Å². The first-order valence-electron chi connectivity index (χ1n) is 13.3. The second-order valence-electron chi connectivity index (χ2n) is 10.9. The molecule has 2 aromatic heterocycles. The van der Waals surface area contributed by atoms with E-state index in [1.165, 1.54) is 42.1 Å². The summed E-state index contributed by atoms with van der Waals surface area (Å²) in [5.74, 6) is 0.569. The van der Waals surface area contributed by atoms with E-state index >= 15 is 0 Å². The number of carbonyl (C=O) groups is 1. The van der Waals surface area contributed by atoms with Gasteiger partial charge >= 0.3 is 5.97 Å². The van der Waals surface area contributed by atoms with Gasteiger partial charge in [0.05, 0.1) is 13.1 Å². The van der Waals surface area contributed by atoms with E-state index in [9.17, 15) is 4.79 Å². The Hall–Kier alpha value is -2.02. The molecule has 1 atom stereocenters. The Labute approximate surface area is 216 Å². The van der Waals surface area contributed by atoms with Crippen molar-refractivity contribution in [3.63, 3.8) is 0 Å². The summed E-state index contributed by atoms with van der Waals surface area (Å²) >= 11 is 3.47. The zero-order valence-corrected chi connectivity index (χ0v) is 22.0. The van der Waals surface area contributed by atoms with Crippen molar-refractivity contribution in [1.29, 1.82) is 0 Å². The zero-order valence-electron chi connectivity index (χ0n) is 20.4. The summed E-state index contributed by atoms with van der Waals surface area (Å²) in [5, 5.41) is 5.44. The Bertz CT molecular complexity index is 1120. The van der Waals surface area contributed by atoms with Crippen molar-refractivity contribution in [2.45, 2.75) is 69.4 Å². The Kier molecular flexibility index (Phi) is 6.54. The second kappa shape index (κ2) is 9.79. The van der Waals surface area contributed by atoms with Gasteiger partial charge in [0.25, 0.3) is 0 Å². The van der Waals surface area contributed by atoms with Gasteiger partial charge in [-0.2, -0.15) is 0 Å². The number of fused-ring (bicyclic) bond motifs is 3. The van der Waals surface area contributed by atoms with Crippen LogP contribution in [0.2, 0.25) is 0 Å². The van der Waals surface area contributed by atoms with E-state index in [-0.39, 0.29) is 12.1 Å². The molecule has 3 aromatic rings. The molecule has 1 aliphatic carbocycles. The van der Waals surface area contributed by atoms with Gasteiger partial charge < -0.3 is 9.22 Å². The summed E-state index contributed by atoms with van der Waals surface area (Å²) in [7, 11) is 0. The standard InChI is InChI=1S/C29H35N2O2S2/c32-28(29(26-11-8-18-34-26)14-6-1-2-7-15-29)33-25-20-31(16-12-22(25)13-17-31)19-24-21-35-27(30-24)23-9-4-3-5-10-23/h3-5,8-11,18,21-22,25H,1-2,6-7,12-17,19-20H2/q+1/t22?,25-,31?/m0/s1. The van der Waals surface area contributed by atoms with Crippen LogP contribution in [-0.2, 0) is 21.5 Å². The molecular weight excluding hydrogens is 472 g/mol. The third-order valence-electron chi connectivity index (χ3n) is 8.71. The minimum Gasteiger partial charge on any atom is -0.455 e. The summed E-state index contributed by atoms with van der Waals surface area (Å²) in [5.41, 5.74) is 1.94. The summed E-state index contributed by atoms with van der Waals surface area (Å²) in [6, 6.07) is 14.7. The molecule has 35 heavy (non-hydrogen) atoms. The van der Waals surface area contributed by atoms with Crippen LogP contribution < -0.4 is 0 Å². The van der Waals surface area contributed by atoms with E-state index in [1.54, 1.807) is 22.7 Å². The number of ether oxygens (including phenoxy) is 1. The Morgan fingerprint density at radius 2 is 1.77 bits per heavy atom. The average Bonchev–Trinajstić information content (AvgIpc) is 3.53. The number of rotatable bonds is 6. The molecule has 7 rings (SSSR count). The highest BCUT2D eigenvalue weighted by molar-refractivity contribution is 7.13. The molecule has 1 saturated carbocycles. The van der Waals surface area contributed by atoms with Gasteiger partial charge in [0, 0.05) is 34.6 Å². The topological polar surface area (TPSA) is 39.2 Å². The van der Waals surface area contributed by atoms with Gasteiger partial charge in [-0.15, -0.1) is 22.7 Å². The number of hydrogen-bond donors (Lipinski definition) is 0. The quantitative estimate of drug-likeness (QED) is 0.209. The average molecular weight is 508 g/mol. The predicted octanol–water partition coefficient (Wildman–Crippen LogP) is 6.82. The minimum absolute atomic E-state index is 0.0392. The van der Waals surface area contributed by atoms with Crippen molar-refractivity contribution in [3.8, 4) is 10.6 Å². The van der Waals surface area contributed by atoms with E-state index in [4.69, 9.17) is 9.72 Å². The molecule has 0 spiro atoms. The van der Waals surface area contributed by atoms with Crippen LogP contribution in [0.1, 0.15) is 61.9 Å². The number of carbonyl (C=O) groups excluding carboxylic acids is 1. The number of aromatic nitrogens is 1. The number of quaternary nitrogens is 1. The summed E-state index contributed by atoms with van der Waals surface area (Å²) in [6.07, 6.45) is 8.91. The number of hydrogen-bond acceptors (Lipinski definition) is 5. The van der Waals surface area contributed by atoms with Gasteiger partial charge in [-0.25, -0.2) is 4.98 Å². The molecule has 184 valence electrons. The smallest absolute Gasteiger partial charge is 0.317 e. The van der Waals surface area contributed by atoms with E-state index < -0.39 is 5.41 Å². The number of thiophene rings is 1. The van der Waals surface area contributed by atoms with Crippen LogP contribution in [0.3, 0.4) is 0 Å². The minimum atomic E-state index is -0.430. The zero-order chi connectivity index (χ0) is 23.7. The van der Waals surface area contributed by atoms with Crippen molar-refractivity contribution in [1.82, 2.24) is 4.98 Å². The van der Waals surface area contributed by atoms with Crippen molar-refractivity contribution < 1.29 is 14.0 Å². The lowest BCUT2D eigenvalue weighted by atomic mass is 9.78. The lowest BCUT2D eigenvalue weighted by Gasteiger charge is -2.52. The molecule has 0 radical (unpaired) electrons. The van der Waals surface area contributed by atoms with Crippen molar-refractivity contribution in [2.24, 2.45) is 5.92 Å². The van der Waals surface area contributed by atoms with Gasteiger partial charge in [0.1, 0.15) is 29.2 Å². The highest BCUT2D eigenvalue weighted by Crippen LogP contribution is 2.44. The summed E-state index contributed by atoms with van der Waals surface area (Å²) in [6.45, 7) is 4.23. The molecule has 5 heterocycles. The molecule has 0 unspecified atom stereocenters. The molecule has 4 nitrogen and oxygen atoms in total. The third kappa shape index (κ3) is 4.61. The number of benzene rings is 1. The van der Waals surface area contributed by atoms with Crippen molar-refractivity contribution in [3.05, 3.63) is 63.8 Å². The second-order valence-corrected chi connectivity index (χ2v) is 12.7. The lowest BCUT2D eigenvalue weighted by molar-refractivity contribution is -0.958. The van der Waals surface area contributed by atoms with Crippen LogP contribution in [0, 0.1) is 5.92 Å². The van der Waals surface area contributed by atoms with Crippen LogP contribution in [0.4, 0.5) is 0 Å². The fraction of sp³-hybridized carbons (Fsp3) is 0.517. The van der Waals surface area contributed by atoms with E-state index in [0.29, 0.717) is 5.92 Å². The molecule has 6 heteroatoms. The highest BCUT2D eigenvalue weighted by atomic mass is 32.1. The normalized spacial score (nSPS) is 27.9. The van der Waals surface area contributed by atoms with Crippen LogP contribution in [0.25, 0.3) is 10.6 Å². The molecule has 2 bridgehead atoms. The summed E-state index contributed by atoms with van der Waals surface area (Å²) in [4.78, 5) is 20.1. The third-order valence-corrected chi connectivity index (χ3v) is 10.7. The molecule has 3 aliphatic heterocycles. The van der Waals surface area contributed by atoms with Gasteiger partial charge in [-0.1, -0.05) is 62.1 Å². The van der Waals surface area contributed by atoms with Crippen molar-refractivity contribution >= 4 is 28.6 Å².